The number of thiophene rings is 1. The minimum atomic E-state index is -0.460. The summed E-state index contributed by atoms with van der Waals surface area (Å²) >= 11 is 2.75. The fourth-order valence-electron chi connectivity index (χ4n) is 3.08. The summed E-state index contributed by atoms with van der Waals surface area (Å²) in [4.78, 5) is 35.0. The second-order valence-corrected chi connectivity index (χ2v) is 8.95. The minimum Gasteiger partial charge on any atom is -0.455 e. The van der Waals surface area contributed by atoms with Gasteiger partial charge in [-0.1, -0.05) is 35.6 Å². The molecule has 0 amide bonds. The molecule has 0 spiro atoms. The number of pyridine rings is 1. The van der Waals surface area contributed by atoms with Crippen molar-refractivity contribution in [1.29, 1.82) is 0 Å². The highest BCUT2D eigenvalue weighted by molar-refractivity contribution is 7.29. The third-order valence-electron chi connectivity index (χ3n) is 4.53. The number of thiazole rings is 1. The maximum absolute atomic E-state index is 12.5. The normalized spacial score (nSPS) is 11.1. The van der Waals surface area contributed by atoms with E-state index in [1.165, 1.54) is 33.1 Å². The van der Waals surface area contributed by atoms with Gasteiger partial charge < -0.3 is 10.1 Å². The molecule has 5 rings (SSSR count). The first-order valence-corrected chi connectivity index (χ1v) is 11.1. The molecule has 0 bridgehead atoms. The van der Waals surface area contributed by atoms with Crippen molar-refractivity contribution < 1.29 is 9.53 Å². The Labute approximate surface area is 184 Å². The molecule has 0 unspecified atom stereocenters. The molecule has 0 aliphatic carbocycles. The molecule has 0 aliphatic rings. The van der Waals surface area contributed by atoms with Crippen molar-refractivity contribution in [1.82, 2.24) is 14.4 Å². The number of para-hydroxylation sites is 1. The lowest BCUT2D eigenvalue weighted by atomic mass is 10.3. The lowest BCUT2D eigenvalue weighted by Crippen LogP contribution is -2.16. The number of aromatic nitrogens is 3. The molecule has 4 aromatic heterocycles. The number of carbonyl (C=O) groups excluding carboxylic acids is 1. The maximum atomic E-state index is 12.5. The first kappa shape index (κ1) is 19.4. The third-order valence-corrected chi connectivity index (χ3v) is 6.58. The van der Waals surface area contributed by atoms with Gasteiger partial charge in [0, 0.05) is 18.0 Å². The second-order valence-electron chi connectivity index (χ2n) is 6.89. The molecular weight excluding hydrogens is 432 g/mol. The molecule has 5 aromatic rings. The van der Waals surface area contributed by atoms with Gasteiger partial charge in [-0.3, -0.25) is 9.20 Å². The smallest absolute Gasteiger partial charge is 0.348 e. The standard InChI is InChI=1S/C22H16N4O3S2/c1-13-7-8-18-23-15(9-19(27)26(18)11-13)12-29-21(28)17-10-16-20(30-17)25-22(31-16)24-14-5-3-2-4-6-14/h2-11H,12H2,1H3,(H,24,25). The van der Waals surface area contributed by atoms with Crippen molar-refractivity contribution in [3.63, 3.8) is 0 Å². The van der Waals surface area contributed by atoms with Crippen molar-refractivity contribution >= 4 is 54.6 Å². The molecule has 0 saturated carbocycles. The largest absolute Gasteiger partial charge is 0.455 e. The Hall–Kier alpha value is -3.56. The quantitative estimate of drug-likeness (QED) is 0.390. The summed E-state index contributed by atoms with van der Waals surface area (Å²) in [5.41, 5.74) is 2.64. The first-order valence-electron chi connectivity index (χ1n) is 9.44. The number of fused-ring (bicyclic) bond motifs is 2. The number of benzene rings is 1. The molecule has 154 valence electrons. The number of esters is 1. The molecule has 7 nitrogen and oxygen atoms in total. The number of hydrogen-bond donors (Lipinski definition) is 1. The van der Waals surface area contributed by atoms with E-state index in [-0.39, 0.29) is 12.2 Å². The van der Waals surface area contributed by atoms with E-state index in [1.54, 1.807) is 18.3 Å². The molecule has 1 aromatic carbocycles. The van der Waals surface area contributed by atoms with Gasteiger partial charge in [0.1, 0.15) is 22.0 Å². The molecule has 0 atom stereocenters. The van der Waals surface area contributed by atoms with Gasteiger partial charge in [0.25, 0.3) is 5.56 Å². The molecular formula is C22H16N4O3S2. The van der Waals surface area contributed by atoms with E-state index < -0.39 is 5.97 Å². The lowest BCUT2D eigenvalue weighted by molar-refractivity contribution is 0.0473. The van der Waals surface area contributed by atoms with Gasteiger partial charge >= 0.3 is 5.97 Å². The van der Waals surface area contributed by atoms with Crippen LogP contribution in [0.25, 0.3) is 15.2 Å². The van der Waals surface area contributed by atoms with Gasteiger partial charge in [-0.05, 0) is 36.8 Å². The number of rotatable bonds is 5. The van der Waals surface area contributed by atoms with Gasteiger partial charge in [0.05, 0.1) is 10.4 Å². The summed E-state index contributed by atoms with van der Waals surface area (Å²) in [6, 6.07) is 16.6. The lowest BCUT2D eigenvalue weighted by Gasteiger charge is -2.05. The number of nitrogens with zero attached hydrogens (tertiary/aromatic N) is 3. The predicted octanol–water partition coefficient (Wildman–Crippen LogP) is 4.77. The Bertz CT molecular complexity index is 1440. The van der Waals surface area contributed by atoms with Crippen LogP contribution in [0.1, 0.15) is 20.9 Å². The van der Waals surface area contributed by atoms with Crippen LogP contribution in [0.15, 0.2) is 65.6 Å². The van der Waals surface area contributed by atoms with Crippen LogP contribution in [0, 0.1) is 6.92 Å². The Morgan fingerprint density at radius 2 is 1.94 bits per heavy atom. The molecule has 4 heterocycles. The summed E-state index contributed by atoms with van der Waals surface area (Å²) < 4.78 is 7.77. The summed E-state index contributed by atoms with van der Waals surface area (Å²) in [6.07, 6.45) is 1.73. The topological polar surface area (TPSA) is 85.6 Å². The van der Waals surface area contributed by atoms with Crippen LogP contribution in [0.2, 0.25) is 0 Å². The maximum Gasteiger partial charge on any atom is 0.348 e. The molecule has 0 fully saturated rings. The molecule has 0 saturated heterocycles. The number of nitrogens with one attached hydrogen (secondary N) is 1. The van der Waals surface area contributed by atoms with Crippen LogP contribution in [0.3, 0.4) is 0 Å². The summed E-state index contributed by atoms with van der Waals surface area (Å²) in [6.45, 7) is 1.83. The van der Waals surface area contributed by atoms with E-state index in [9.17, 15) is 9.59 Å². The van der Waals surface area contributed by atoms with Crippen LogP contribution >= 0.6 is 22.7 Å². The number of anilines is 2. The van der Waals surface area contributed by atoms with Gasteiger partial charge in [-0.15, -0.1) is 11.3 Å². The molecule has 0 aliphatic heterocycles. The van der Waals surface area contributed by atoms with E-state index in [4.69, 9.17) is 4.74 Å². The SMILES string of the molecule is Cc1ccc2nc(COC(=O)c3cc4sc(Nc5ccccc5)nc4s3)cc(=O)n2c1. The molecule has 31 heavy (non-hydrogen) atoms. The molecule has 9 heteroatoms. The summed E-state index contributed by atoms with van der Waals surface area (Å²) in [5.74, 6) is -0.460. The van der Waals surface area contributed by atoms with Crippen molar-refractivity contribution in [3.05, 3.63) is 87.3 Å². The van der Waals surface area contributed by atoms with E-state index >= 15 is 0 Å². The zero-order chi connectivity index (χ0) is 21.4. The van der Waals surface area contributed by atoms with Gasteiger partial charge in [-0.2, -0.15) is 0 Å². The Morgan fingerprint density at radius 1 is 1.10 bits per heavy atom. The van der Waals surface area contributed by atoms with E-state index in [0.29, 0.717) is 16.2 Å². The van der Waals surface area contributed by atoms with Crippen LogP contribution in [0.5, 0.6) is 0 Å². The monoisotopic (exact) mass is 448 g/mol. The highest BCUT2D eigenvalue weighted by Crippen LogP contribution is 2.34. The van der Waals surface area contributed by atoms with Crippen molar-refractivity contribution in [2.24, 2.45) is 0 Å². The van der Waals surface area contributed by atoms with E-state index in [1.807, 2.05) is 43.3 Å². The Balaban J connectivity index is 1.29. The highest BCUT2D eigenvalue weighted by Gasteiger charge is 2.16. The highest BCUT2D eigenvalue weighted by atomic mass is 32.1. The van der Waals surface area contributed by atoms with Gasteiger partial charge in [0.2, 0.25) is 0 Å². The Morgan fingerprint density at radius 3 is 2.74 bits per heavy atom. The second kappa shape index (κ2) is 7.93. The van der Waals surface area contributed by atoms with Crippen molar-refractivity contribution in [3.8, 4) is 0 Å². The van der Waals surface area contributed by atoms with Crippen LogP contribution in [0.4, 0.5) is 10.8 Å². The number of hydrogen-bond acceptors (Lipinski definition) is 8. The first-order chi connectivity index (χ1) is 15.0. The third kappa shape index (κ3) is 4.05. The van der Waals surface area contributed by atoms with Gasteiger partial charge in [-0.25, -0.2) is 14.8 Å². The zero-order valence-corrected chi connectivity index (χ0v) is 18.0. The fourth-order valence-corrected chi connectivity index (χ4v) is 5.11. The Kier molecular flexibility index (Phi) is 4.97. The molecule has 1 N–H and O–H groups in total. The molecule has 0 radical (unpaired) electrons. The predicted molar refractivity (Wildman–Crippen MR) is 123 cm³/mol. The average Bonchev–Trinajstić information content (AvgIpc) is 3.32. The van der Waals surface area contributed by atoms with Crippen molar-refractivity contribution in [2.75, 3.05) is 5.32 Å². The minimum absolute atomic E-state index is 0.0712. The van der Waals surface area contributed by atoms with E-state index in [2.05, 4.69) is 15.3 Å². The number of aryl methyl sites for hydroxylation is 1. The summed E-state index contributed by atoms with van der Waals surface area (Å²) in [5, 5.41) is 4.02. The van der Waals surface area contributed by atoms with E-state index in [0.717, 1.165) is 25.9 Å². The van der Waals surface area contributed by atoms with Crippen LogP contribution in [-0.4, -0.2) is 20.3 Å². The summed E-state index contributed by atoms with van der Waals surface area (Å²) in [7, 11) is 0. The number of carbonyl (C=O) groups is 1. The van der Waals surface area contributed by atoms with Crippen LogP contribution in [-0.2, 0) is 11.3 Å². The fraction of sp³-hybridized carbons (Fsp3) is 0.0909. The van der Waals surface area contributed by atoms with Gasteiger partial charge in [0.15, 0.2) is 5.13 Å². The zero-order valence-electron chi connectivity index (χ0n) is 16.4. The van der Waals surface area contributed by atoms with Crippen molar-refractivity contribution in [2.45, 2.75) is 13.5 Å². The van der Waals surface area contributed by atoms with Crippen LogP contribution < -0.4 is 10.9 Å². The number of ether oxygens (including phenoxy) is 1. The average molecular weight is 449 g/mol.